The van der Waals surface area contributed by atoms with Crippen molar-refractivity contribution in [1.82, 2.24) is 0 Å². The molecule has 1 aliphatic rings. The number of benzene rings is 2. The monoisotopic (exact) mass is 389 g/mol. The van der Waals surface area contributed by atoms with E-state index in [1.165, 1.54) is 6.92 Å². The van der Waals surface area contributed by atoms with Gasteiger partial charge in [0.25, 0.3) is 10.1 Å². The lowest BCUT2D eigenvalue weighted by Gasteiger charge is -2.33. The van der Waals surface area contributed by atoms with Gasteiger partial charge in [-0.05, 0) is 50.5 Å². The summed E-state index contributed by atoms with van der Waals surface area (Å²) in [5.41, 5.74) is 3.02. The lowest BCUT2D eigenvalue weighted by molar-refractivity contribution is 0.462. The number of azo groups is 1. The highest BCUT2D eigenvalue weighted by atomic mass is 32.2. The maximum Gasteiger partial charge on any atom is 0.267 e. The Kier molecular flexibility index (Phi) is 5.76. The van der Waals surface area contributed by atoms with Crippen LogP contribution in [-0.2, 0) is 16.5 Å². The van der Waals surface area contributed by atoms with E-state index in [4.69, 9.17) is 4.55 Å². The van der Waals surface area contributed by atoms with E-state index in [9.17, 15) is 13.5 Å². The molecular weight excluding hydrogens is 366 g/mol. The van der Waals surface area contributed by atoms with Gasteiger partial charge in [-0.2, -0.15) is 18.6 Å². The van der Waals surface area contributed by atoms with Gasteiger partial charge in [-0.15, -0.1) is 0 Å². The second kappa shape index (κ2) is 8.06. The van der Waals surface area contributed by atoms with Crippen LogP contribution in [0.3, 0.4) is 0 Å². The van der Waals surface area contributed by atoms with Crippen LogP contribution >= 0.6 is 0 Å². The summed E-state index contributed by atoms with van der Waals surface area (Å²) in [5.74, 6) is 0.142. The summed E-state index contributed by atoms with van der Waals surface area (Å²) in [6.45, 7) is 2.60. The number of hydrogen-bond acceptors (Lipinski definition) is 6. The van der Waals surface area contributed by atoms with Crippen LogP contribution < -0.4 is 4.90 Å². The fourth-order valence-corrected chi connectivity index (χ4v) is 3.58. The molecule has 144 valence electrons. The van der Waals surface area contributed by atoms with Gasteiger partial charge in [-0.25, -0.2) is 0 Å². The fourth-order valence-electron chi connectivity index (χ4n) is 3.18. The second-order valence-electron chi connectivity index (χ2n) is 6.67. The lowest BCUT2D eigenvalue weighted by atomic mass is 9.98. The summed E-state index contributed by atoms with van der Waals surface area (Å²) in [5, 5.41) is 18.1. The van der Waals surface area contributed by atoms with Crippen molar-refractivity contribution in [3.05, 3.63) is 48.0 Å². The first-order chi connectivity index (χ1) is 12.9. The van der Waals surface area contributed by atoms with Crippen LogP contribution in [0, 0.1) is 0 Å². The predicted octanol–water partition coefficient (Wildman–Crippen LogP) is 4.23. The molecule has 0 saturated carbocycles. The number of fused-ring (bicyclic) bond motifs is 1. The van der Waals surface area contributed by atoms with Crippen molar-refractivity contribution in [3.63, 3.8) is 0 Å². The first-order valence-corrected chi connectivity index (χ1v) is 10.4. The van der Waals surface area contributed by atoms with Crippen LogP contribution in [0.1, 0.15) is 25.3 Å². The third-order valence-corrected chi connectivity index (χ3v) is 6.00. The van der Waals surface area contributed by atoms with Gasteiger partial charge in [-0.1, -0.05) is 18.2 Å². The Balaban J connectivity index is 1.86. The van der Waals surface area contributed by atoms with Crippen LogP contribution in [0.5, 0.6) is 5.75 Å². The SMILES string of the molecule is CC(CCN1CCCc2c(/N=N/c3ccccc3)ccc(O)c21)S(=O)(=O)O. The minimum atomic E-state index is -4.06. The average molecular weight is 389 g/mol. The molecule has 1 heterocycles. The van der Waals surface area contributed by atoms with Crippen LogP contribution in [0.25, 0.3) is 0 Å². The van der Waals surface area contributed by atoms with Gasteiger partial charge in [-0.3, -0.25) is 4.55 Å². The number of anilines is 1. The molecule has 0 radical (unpaired) electrons. The Bertz CT molecular complexity index is 929. The second-order valence-corrected chi connectivity index (χ2v) is 8.51. The minimum absolute atomic E-state index is 0.142. The minimum Gasteiger partial charge on any atom is -0.506 e. The molecule has 2 aromatic rings. The number of phenolic OH excluding ortho intramolecular Hbond substituents is 1. The zero-order valence-electron chi connectivity index (χ0n) is 15.1. The molecule has 0 aliphatic carbocycles. The maximum absolute atomic E-state index is 11.3. The number of aromatic hydroxyl groups is 1. The van der Waals surface area contributed by atoms with Crippen LogP contribution in [-0.4, -0.2) is 36.4 Å². The molecule has 0 bridgehead atoms. The first-order valence-electron chi connectivity index (χ1n) is 8.89. The van der Waals surface area contributed by atoms with Crippen molar-refractivity contribution in [2.75, 3.05) is 18.0 Å². The third kappa shape index (κ3) is 4.64. The molecule has 0 aromatic heterocycles. The van der Waals surface area contributed by atoms with E-state index in [2.05, 4.69) is 10.2 Å². The van der Waals surface area contributed by atoms with Gasteiger partial charge >= 0.3 is 0 Å². The summed E-state index contributed by atoms with van der Waals surface area (Å²) in [6.07, 6.45) is 1.90. The van der Waals surface area contributed by atoms with Gasteiger partial charge < -0.3 is 10.0 Å². The van der Waals surface area contributed by atoms with Crippen molar-refractivity contribution < 1.29 is 18.1 Å². The van der Waals surface area contributed by atoms with Crippen molar-refractivity contribution in [1.29, 1.82) is 0 Å². The average Bonchev–Trinajstić information content (AvgIpc) is 2.65. The Labute approximate surface area is 159 Å². The van der Waals surface area contributed by atoms with Gasteiger partial charge in [0.15, 0.2) is 0 Å². The highest BCUT2D eigenvalue weighted by molar-refractivity contribution is 7.86. The van der Waals surface area contributed by atoms with Crippen molar-refractivity contribution in [3.8, 4) is 5.75 Å². The van der Waals surface area contributed by atoms with Crippen molar-refractivity contribution in [2.24, 2.45) is 10.2 Å². The maximum atomic E-state index is 11.3. The molecule has 0 saturated heterocycles. The quantitative estimate of drug-likeness (QED) is 0.569. The highest BCUT2D eigenvalue weighted by Crippen LogP contribution is 2.41. The van der Waals surface area contributed by atoms with E-state index < -0.39 is 15.4 Å². The predicted molar refractivity (Wildman–Crippen MR) is 105 cm³/mol. The zero-order chi connectivity index (χ0) is 19.4. The first kappa shape index (κ1) is 19.3. The zero-order valence-corrected chi connectivity index (χ0v) is 15.9. The number of rotatable bonds is 6. The molecule has 0 amide bonds. The Hall–Kier alpha value is -2.45. The Morgan fingerprint density at radius 2 is 1.89 bits per heavy atom. The molecule has 27 heavy (non-hydrogen) atoms. The van der Waals surface area contributed by atoms with Gasteiger partial charge in [0.2, 0.25) is 0 Å². The molecule has 1 aliphatic heterocycles. The van der Waals surface area contributed by atoms with E-state index >= 15 is 0 Å². The molecule has 3 rings (SSSR count). The van der Waals surface area contributed by atoms with E-state index in [1.807, 2.05) is 35.2 Å². The standard InChI is InChI=1S/C19H23N3O4S/c1-14(27(24,25)26)11-13-22-12-5-8-16-17(9-10-18(23)19(16)22)21-20-15-6-3-2-4-7-15/h2-4,6-7,9-10,14,23H,5,8,11-13H2,1H3,(H,24,25,26)/b21-20+. The summed E-state index contributed by atoms with van der Waals surface area (Å²) < 4.78 is 31.7. The van der Waals surface area contributed by atoms with Gasteiger partial charge in [0.1, 0.15) is 5.75 Å². The normalized spacial score (nSPS) is 15.7. The lowest BCUT2D eigenvalue weighted by Crippen LogP contribution is -2.33. The molecule has 2 N–H and O–H groups in total. The molecule has 1 atom stereocenters. The van der Waals surface area contributed by atoms with E-state index in [-0.39, 0.29) is 12.2 Å². The van der Waals surface area contributed by atoms with E-state index in [0.29, 0.717) is 24.5 Å². The number of nitrogens with zero attached hydrogens (tertiary/aromatic N) is 3. The molecule has 0 spiro atoms. The molecule has 1 unspecified atom stereocenters. The molecule has 2 aromatic carbocycles. The number of phenols is 1. The van der Waals surface area contributed by atoms with E-state index in [1.54, 1.807) is 12.1 Å². The highest BCUT2D eigenvalue weighted by Gasteiger charge is 2.25. The molecule has 7 nitrogen and oxygen atoms in total. The summed E-state index contributed by atoms with van der Waals surface area (Å²) >= 11 is 0. The number of hydrogen-bond donors (Lipinski definition) is 2. The topological polar surface area (TPSA) is 103 Å². The van der Waals surface area contributed by atoms with Crippen LogP contribution in [0.4, 0.5) is 17.1 Å². The van der Waals surface area contributed by atoms with Crippen molar-refractivity contribution >= 4 is 27.2 Å². The Morgan fingerprint density at radius 3 is 2.59 bits per heavy atom. The molecule has 8 heteroatoms. The van der Waals surface area contributed by atoms with Gasteiger partial charge in [0.05, 0.1) is 22.3 Å². The van der Waals surface area contributed by atoms with Gasteiger partial charge in [0, 0.05) is 18.7 Å². The van der Waals surface area contributed by atoms with Crippen molar-refractivity contribution in [2.45, 2.75) is 31.4 Å². The van der Waals surface area contributed by atoms with Crippen LogP contribution in [0.2, 0.25) is 0 Å². The summed E-state index contributed by atoms with van der Waals surface area (Å²) in [4.78, 5) is 1.96. The largest absolute Gasteiger partial charge is 0.506 e. The summed E-state index contributed by atoms with van der Waals surface area (Å²) in [7, 11) is -4.06. The molecule has 0 fully saturated rings. The fraction of sp³-hybridized carbons (Fsp3) is 0.368. The molecular formula is C19H23N3O4S. The van der Waals surface area contributed by atoms with Crippen LogP contribution in [0.15, 0.2) is 52.7 Å². The smallest absolute Gasteiger partial charge is 0.267 e. The third-order valence-electron chi connectivity index (χ3n) is 4.75. The van der Waals surface area contributed by atoms with E-state index in [0.717, 1.165) is 24.1 Å². The summed E-state index contributed by atoms with van der Waals surface area (Å²) in [6, 6.07) is 12.7. The Morgan fingerprint density at radius 1 is 1.15 bits per heavy atom.